The molecule has 8 heteroatoms. The van der Waals surface area contributed by atoms with Gasteiger partial charge in [-0.2, -0.15) is 5.10 Å². The van der Waals surface area contributed by atoms with Crippen LogP contribution in [0.3, 0.4) is 0 Å². The minimum Gasteiger partial charge on any atom is -0.322 e. The minimum atomic E-state index is -2.48. The van der Waals surface area contributed by atoms with Gasteiger partial charge in [-0.1, -0.05) is 0 Å². The fraction of sp³-hybridized carbons (Fsp3) is 0.556. The van der Waals surface area contributed by atoms with Gasteiger partial charge in [-0.25, -0.2) is 8.78 Å². The minimum absolute atomic E-state index is 0. The summed E-state index contributed by atoms with van der Waals surface area (Å²) in [5.74, 6) is -0.399. The number of nitrogens with zero attached hydrogens (tertiary/aromatic N) is 2. The zero-order chi connectivity index (χ0) is 12.3. The molecule has 0 aromatic carbocycles. The van der Waals surface area contributed by atoms with Gasteiger partial charge < -0.3 is 11.1 Å². The molecule has 0 bridgehead atoms. The Bertz CT molecular complexity index is 375. The van der Waals surface area contributed by atoms with Gasteiger partial charge in [0.2, 0.25) is 5.91 Å². The van der Waals surface area contributed by atoms with Crippen LogP contribution in [0.1, 0.15) is 13.8 Å². The van der Waals surface area contributed by atoms with Crippen molar-refractivity contribution in [2.75, 3.05) is 5.32 Å². The first-order valence-electron chi connectivity index (χ1n) is 4.70. The highest BCUT2D eigenvalue weighted by atomic mass is 35.5. The van der Waals surface area contributed by atoms with E-state index in [0.717, 1.165) is 4.68 Å². The molecule has 17 heavy (non-hydrogen) atoms. The third kappa shape index (κ3) is 5.10. The Morgan fingerprint density at radius 1 is 1.65 bits per heavy atom. The van der Waals surface area contributed by atoms with Crippen molar-refractivity contribution in [2.24, 2.45) is 5.73 Å². The Kier molecular flexibility index (Phi) is 5.50. The maximum Gasteiger partial charge on any atom is 0.257 e. The van der Waals surface area contributed by atoms with E-state index in [-0.39, 0.29) is 12.4 Å². The second-order valence-electron chi connectivity index (χ2n) is 4.02. The SMILES string of the molecule is CC(C)(N)C(=O)Nc1cnn(CC(F)F)c1.Cl. The zero-order valence-corrected chi connectivity index (χ0v) is 10.3. The summed E-state index contributed by atoms with van der Waals surface area (Å²) in [6.45, 7) is 2.60. The molecule has 3 N–H and O–H groups in total. The number of alkyl halides is 2. The molecule has 0 saturated carbocycles. The Labute approximate surface area is 104 Å². The van der Waals surface area contributed by atoms with E-state index in [2.05, 4.69) is 10.4 Å². The fourth-order valence-corrected chi connectivity index (χ4v) is 0.962. The molecule has 0 radical (unpaired) electrons. The third-order valence-electron chi connectivity index (χ3n) is 1.80. The van der Waals surface area contributed by atoms with Gasteiger partial charge in [0.05, 0.1) is 17.4 Å². The highest BCUT2D eigenvalue weighted by Crippen LogP contribution is 2.09. The lowest BCUT2D eigenvalue weighted by Crippen LogP contribution is -2.45. The average Bonchev–Trinajstić information content (AvgIpc) is 2.49. The van der Waals surface area contributed by atoms with Crippen molar-refractivity contribution in [1.82, 2.24) is 9.78 Å². The van der Waals surface area contributed by atoms with Crippen LogP contribution in [-0.2, 0) is 11.3 Å². The number of nitrogens with one attached hydrogen (secondary N) is 1. The number of halogens is 3. The Morgan fingerprint density at radius 2 is 2.24 bits per heavy atom. The number of nitrogens with two attached hydrogens (primary N) is 1. The predicted molar refractivity (Wildman–Crippen MR) is 62.4 cm³/mol. The van der Waals surface area contributed by atoms with Gasteiger partial charge in [0.1, 0.15) is 6.54 Å². The van der Waals surface area contributed by atoms with E-state index < -0.39 is 24.4 Å². The van der Waals surface area contributed by atoms with Gasteiger partial charge in [-0.3, -0.25) is 9.48 Å². The second kappa shape index (κ2) is 5.92. The highest BCUT2D eigenvalue weighted by Gasteiger charge is 2.22. The molecule has 0 aliphatic carbocycles. The van der Waals surface area contributed by atoms with Crippen LogP contribution < -0.4 is 11.1 Å². The maximum atomic E-state index is 12.0. The van der Waals surface area contributed by atoms with Crippen LogP contribution in [0.25, 0.3) is 0 Å². The van der Waals surface area contributed by atoms with Gasteiger partial charge in [-0.05, 0) is 13.8 Å². The Hall–Kier alpha value is -1.21. The predicted octanol–water partition coefficient (Wildman–Crippen LogP) is 1.25. The molecule has 5 nitrogen and oxygen atoms in total. The number of rotatable bonds is 4. The second-order valence-corrected chi connectivity index (χ2v) is 4.02. The first-order chi connectivity index (χ1) is 7.29. The van der Waals surface area contributed by atoms with Crippen molar-refractivity contribution in [2.45, 2.75) is 32.4 Å². The number of anilines is 1. The number of carbonyl (C=O) groups excluding carboxylic acids is 1. The number of carbonyl (C=O) groups is 1. The zero-order valence-electron chi connectivity index (χ0n) is 9.48. The molecule has 98 valence electrons. The smallest absolute Gasteiger partial charge is 0.257 e. The van der Waals surface area contributed by atoms with Gasteiger partial charge in [0.25, 0.3) is 6.43 Å². The highest BCUT2D eigenvalue weighted by molar-refractivity contribution is 5.97. The summed E-state index contributed by atoms with van der Waals surface area (Å²) >= 11 is 0. The lowest BCUT2D eigenvalue weighted by atomic mass is 10.1. The first-order valence-corrected chi connectivity index (χ1v) is 4.70. The topological polar surface area (TPSA) is 72.9 Å². The van der Waals surface area contributed by atoms with E-state index in [0.29, 0.717) is 5.69 Å². The van der Waals surface area contributed by atoms with Gasteiger partial charge in [0.15, 0.2) is 0 Å². The standard InChI is InChI=1S/C9H14F2N4O.ClH/c1-9(2,12)8(16)14-6-3-13-15(4-6)5-7(10)11;/h3-4,7H,5,12H2,1-2H3,(H,14,16);1H. The van der Waals surface area contributed by atoms with Crippen molar-refractivity contribution < 1.29 is 13.6 Å². The molecule has 0 aliphatic rings. The maximum absolute atomic E-state index is 12.0. The van der Waals surface area contributed by atoms with Crippen LogP contribution in [0.2, 0.25) is 0 Å². The van der Waals surface area contributed by atoms with E-state index in [1.54, 1.807) is 13.8 Å². The molecule has 1 aromatic heterocycles. The van der Waals surface area contributed by atoms with Gasteiger partial charge in [0, 0.05) is 6.20 Å². The molecule has 0 atom stereocenters. The molecule has 0 fully saturated rings. The van der Waals surface area contributed by atoms with E-state index >= 15 is 0 Å². The lowest BCUT2D eigenvalue weighted by molar-refractivity contribution is -0.120. The molecule has 0 aliphatic heterocycles. The molecule has 0 unspecified atom stereocenters. The quantitative estimate of drug-likeness (QED) is 0.863. The van der Waals surface area contributed by atoms with Crippen molar-refractivity contribution in [3.05, 3.63) is 12.4 Å². The molecule has 1 amide bonds. The normalized spacial score (nSPS) is 11.2. The summed E-state index contributed by atoms with van der Waals surface area (Å²) in [6, 6.07) is 0. The molecule has 1 rings (SSSR count). The summed E-state index contributed by atoms with van der Waals surface area (Å²) < 4.78 is 25.1. The van der Waals surface area contributed by atoms with E-state index in [9.17, 15) is 13.6 Å². The van der Waals surface area contributed by atoms with Crippen LogP contribution in [0, 0.1) is 0 Å². The average molecular weight is 269 g/mol. The molecule has 0 spiro atoms. The first kappa shape index (κ1) is 15.8. The van der Waals surface area contributed by atoms with Gasteiger partial charge >= 0.3 is 0 Å². The van der Waals surface area contributed by atoms with Crippen LogP contribution in [0.15, 0.2) is 12.4 Å². The molecule has 1 aromatic rings. The van der Waals surface area contributed by atoms with E-state index in [4.69, 9.17) is 5.73 Å². The Balaban J connectivity index is 0.00000256. The molecular weight excluding hydrogens is 254 g/mol. The van der Waals surface area contributed by atoms with Crippen molar-refractivity contribution in [1.29, 1.82) is 0 Å². The van der Waals surface area contributed by atoms with E-state index in [1.807, 2.05) is 0 Å². The van der Waals surface area contributed by atoms with Gasteiger partial charge in [-0.15, -0.1) is 12.4 Å². The summed E-state index contributed by atoms with van der Waals surface area (Å²) in [4.78, 5) is 11.4. The van der Waals surface area contributed by atoms with Crippen molar-refractivity contribution in [3.8, 4) is 0 Å². The molecule has 0 saturated heterocycles. The number of hydrogen-bond donors (Lipinski definition) is 2. The lowest BCUT2D eigenvalue weighted by Gasteiger charge is -2.16. The summed E-state index contributed by atoms with van der Waals surface area (Å²) in [5, 5.41) is 6.16. The number of amides is 1. The number of hydrogen-bond acceptors (Lipinski definition) is 3. The summed E-state index contributed by atoms with van der Waals surface area (Å²) in [5.41, 5.74) is 4.88. The molecule has 1 heterocycles. The fourth-order valence-electron chi connectivity index (χ4n) is 0.962. The summed E-state index contributed by atoms with van der Waals surface area (Å²) in [6.07, 6.45) is 0.149. The van der Waals surface area contributed by atoms with Crippen molar-refractivity contribution >= 4 is 24.0 Å². The molecular formula is C9H15ClF2N4O. The Morgan fingerprint density at radius 3 is 2.71 bits per heavy atom. The monoisotopic (exact) mass is 268 g/mol. The van der Waals surface area contributed by atoms with Crippen molar-refractivity contribution in [3.63, 3.8) is 0 Å². The number of aromatic nitrogens is 2. The van der Waals surface area contributed by atoms with Crippen LogP contribution in [0.4, 0.5) is 14.5 Å². The third-order valence-corrected chi connectivity index (χ3v) is 1.80. The van der Waals surface area contributed by atoms with Crippen LogP contribution in [-0.4, -0.2) is 27.7 Å². The largest absolute Gasteiger partial charge is 0.322 e. The van der Waals surface area contributed by atoms with Crippen LogP contribution in [0.5, 0.6) is 0 Å². The van der Waals surface area contributed by atoms with E-state index in [1.165, 1.54) is 12.4 Å². The summed E-state index contributed by atoms with van der Waals surface area (Å²) in [7, 11) is 0. The van der Waals surface area contributed by atoms with Crippen LogP contribution >= 0.6 is 12.4 Å².